The second-order valence-electron chi connectivity index (χ2n) is 5.80. The van der Waals surface area contributed by atoms with Gasteiger partial charge >= 0.3 is 0 Å². The molecule has 1 atom stereocenters. The predicted octanol–water partition coefficient (Wildman–Crippen LogP) is 3.43. The summed E-state index contributed by atoms with van der Waals surface area (Å²) >= 11 is 0. The first-order chi connectivity index (χ1) is 9.65. The molecule has 0 amide bonds. The molecule has 1 aliphatic carbocycles. The second kappa shape index (κ2) is 5.23. The van der Waals surface area contributed by atoms with Gasteiger partial charge in [0.15, 0.2) is 5.78 Å². The summed E-state index contributed by atoms with van der Waals surface area (Å²) in [7, 11) is 1.93. The Morgan fingerprint density at radius 2 is 2.20 bits per heavy atom. The van der Waals surface area contributed by atoms with Crippen LogP contribution in [0, 0.1) is 5.92 Å². The van der Waals surface area contributed by atoms with Crippen molar-refractivity contribution in [2.45, 2.75) is 32.6 Å². The molecule has 1 aromatic carbocycles. The highest BCUT2D eigenvalue weighted by atomic mass is 16.1. The normalized spacial score (nSPS) is 19.1. The maximum absolute atomic E-state index is 12.4. The number of fused-ring (bicyclic) bond motifs is 1. The average Bonchev–Trinajstić information content (AvgIpc) is 2.77. The van der Waals surface area contributed by atoms with Crippen molar-refractivity contribution in [3.05, 3.63) is 41.6 Å². The molecule has 1 aromatic heterocycles. The molecule has 3 rings (SSSR count). The van der Waals surface area contributed by atoms with Crippen molar-refractivity contribution >= 4 is 16.7 Å². The van der Waals surface area contributed by atoms with Crippen LogP contribution in [-0.2, 0) is 18.3 Å². The predicted molar refractivity (Wildman–Crippen MR) is 80.5 cm³/mol. The van der Waals surface area contributed by atoms with E-state index >= 15 is 0 Å². The number of hydrogen-bond acceptors (Lipinski definition) is 2. The van der Waals surface area contributed by atoms with E-state index in [1.807, 2.05) is 36.0 Å². The van der Waals surface area contributed by atoms with Crippen molar-refractivity contribution in [2.75, 3.05) is 0 Å². The van der Waals surface area contributed by atoms with Crippen LogP contribution >= 0.6 is 0 Å². The van der Waals surface area contributed by atoms with Crippen LogP contribution in [-0.4, -0.2) is 15.6 Å². The molecule has 2 aromatic rings. The van der Waals surface area contributed by atoms with Gasteiger partial charge < -0.3 is 0 Å². The van der Waals surface area contributed by atoms with Crippen molar-refractivity contribution in [1.29, 1.82) is 0 Å². The van der Waals surface area contributed by atoms with E-state index < -0.39 is 0 Å². The maximum atomic E-state index is 12.4. The largest absolute Gasteiger partial charge is 0.294 e. The zero-order valence-electron chi connectivity index (χ0n) is 12.1. The first-order valence-electron chi connectivity index (χ1n) is 7.28. The molecule has 104 valence electrons. The van der Waals surface area contributed by atoms with Gasteiger partial charge in [-0.2, -0.15) is 5.10 Å². The lowest BCUT2D eigenvalue weighted by Gasteiger charge is -2.16. The minimum absolute atomic E-state index is 0.237. The van der Waals surface area contributed by atoms with E-state index in [1.165, 1.54) is 0 Å². The number of aryl methyl sites for hydroxylation is 1. The summed E-state index contributed by atoms with van der Waals surface area (Å²) in [6, 6.07) is 8.08. The smallest absolute Gasteiger partial charge is 0.164 e. The first kappa shape index (κ1) is 13.1. The number of carbonyl (C=O) groups is 1. The summed E-state index contributed by atoms with van der Waals surface area (Å²) < 4.78 is 1.86. The summed E-state index contributed by atoms with van der Waals surface area (Å²) in [4.78, 5) is 12.4. The van der Waals surface area contributed by atoms with Gasteiger partial charge in [-0.15, -0.1) is 0 Å². The molecule has 0 saturated carbocycles. The number of ketones is 1. The number of hydrogen-bond donors (Lipinski definition) is 0. The lowest BCUT2D eigenvalue weighted by molar-refractivity contribution is -0.115. The van der Waals surface area contributed by atoms with Gasteiger partial charge in [0, 0.05) is 12.4 Å². The zero-order chi connectivity index (χ0) is 14.1. The molecular formula is C17H20N2O. The fourth-order valence-corrected chi connectivity index (χ4v) is 2.90. The molecule has 0 saturated heterocycles. The molecule has 0 N–H and O–H groups in total. The number of Topliss-reactive ketones (excluding diaryl/α,β-unsaturated/α-hetero) is 1. The van der Waals surface area contributed by atoms with Crippen LogP contribution in [0.15, 0.2) is 35.9 Å². The fourth-order valence-electron chi connectivity index (χ4n) is 2.90. The van der Waals surface area contributed by atoms with Crippen LogP contribution in [0.5, 0.6) is 0 Å². The van der Waals surface area contributed by atoms with Crippen LogP contribution in [0.3, 0.4) is 0 Å². The Hall–Kier alpha value is -1.90. The van der Waals surface area contributed by atoms with Crippen molar-refractivity contribution < 1.29 is 4.79 Å². The Morgan fingerprint density at radius 1 is 1.40 bits per heavy atom. The SMILES string of the molecule is CC1CC=C(C(=O)Cc2nn(C)c3ccccc23)CC1. The Balaban J connectivity index is 1.85. The minimum atomic E-state index is 0.237. The standard InChI is InChI=1S/C17H20N2O/c1-12-7-9-13(10-8-12)17(20)11-15-14-5-3-4-6-16(14)19(2)18-15/h3-6,9,12H,7-8,10-11H2,1-2H3. The zero-order valence-corrected chi connectivity index (χ0v) is 12.1. The third kappa shape index (κ3) is 2.40. The number of para-hydroxylation sites is 1. The lowest BCUT2D eigenvalue weighted by atomic mass is 9.88. The van der Waals surface area contributed by atoms with Gasteiger partial charge in [0.05, 0.1) is 17.6 Å². The van der Waals surface area contributed by atoms with E-state index in [4.69, 9.17) is 0 Å². The number of nitrogens with zero attached hydrogens (tertiary/aromatic N) is 2. The highest BCUT2D eigenvalue weighted by Gasteiger charge is 2.18. The summed E-state index contributed by atoms with van der Waals surface area (Å²) in [5, 5.41) is 5.60. The quantitative estimate of drug-likeness (QED) is 0.854. The van der Waals surface area contributed by atoms with Crippen LogP contribution in [0.4, 0.5) is 0 Å². The number of allylic oxidation sites excluding steroid dienone is 2. The third-order valence-electron chi connectivity index (χ3n) is 4.19. The van der Waals surface area contributed by atoms with E-state index in [0.29, 0.717) is 12.3 Å². The number of benzene rings is 1. The van der Waals surface area contributed by atoms with Gasteiger partial charge in [0.25, 0.3) is 0 Å². The van der Waals surface area contributed by atoms with Crippen LogP contribution < -0.4 is 0 Å². The molecule has 3 nitrogen and oxygen atoms in total. The monoisotopic (exact) mass is 268 g/mol. The van der Waals surface area contributed by atoms with E-state index in [9.17, 15) is 4.79 Å². The van der Waals surface area contributed by atoms with Crippen molar-refractivity contribution in [3.8, 4) is 0 Å². The molecule has 0 radical (unpaired) electrons. The molecule has 1 heterocycles. The number of carbonyl (C=O) groups excluding carboxylic acids is 1. The molecular weight excluding hydrogens is 248 g/mol. The van der Waals surface area contributed by atoms with Crippen LogP contribution in [0.1, 0.15) is 31.9 Å². The topological polar surface area (TPSA) is 34.9 Å². The van der Waals surface area contributed by atoms with Gasteiger partial charge in [0.2, 0.25) is 0 Å². The lowest BCUT2D eigenvalue weighted by Crippen LogP contribution is -2.12. The minimum Gasteiger partial charge on any atom is -0.294 e. The van der Waals surface area contributed by atoms with Crippen molar-refractivity contribution in [2.24, 2.45) is 13.0 Å². The first-order valence-corrected chi connectivity index (χ1v) is 7.28. The van der Waals surface area contributed by atoms with E-state index in [2.05, 4.69) is 18.1 Å². The molecule has 0 fully saturated rings. The van der Waals surface area contributed by atoms with Crippen LogP contribution in [0.25, 0.3) is 10.9 Å². The van der Waals surface area contributed by atoms with E-state index in [-0.39, 0.29) is 5.78 Å². The number of aromatic nitrogens is 2. The molecule has 0 spiro atoms. The molecule has 0 bridgehead atoms. The molecule has 0 aliphatic heterocycles. The third-order valence-corrected chi connectivity index (χ3v) is 4.19. The summed E-state index contributed by atoms with van der Waals surface area (Å²) in [6.45, 7) is 2.24. The van der Waals surface area contributed by atoms with E-state index in [1.54, 1.807) is 0 Å². The van der Waals surface area contributed by atoms with Gasteiger partial charge in [-0.1, -0.05) is 31.2 Å². The van der Waals surface area contributed by atoms with Gasteiger partial charge in [0.1, 0.15) is 0 Å². The molecule has 1 unspecified atom stereocenters. The van der Waals surface area contributed by atoms with Crippen molar-refractivity contribution in [3.63, 3.8) is 0 Å². The van der Waals surface area contributed by atoms with Crippen LogP contribution in [0.2, 0.25) is 0 Å². The summed E-state index contributed by atoms with van der Waals surface area (Å²) in [5.74, 6) is 0.947. The molecule has 3 heteroatoms. The highest BCUT2D eigenvalue weighted by Crippen LogP contribution is 2.25. The summed E-state index contributed by atoms with van der Waals surface area (Å²) in [5.41, 5.74) is 2.98. The Morgan fingerprint density at radius 3 is 2.95 bits per heavy atom. The second-order valence-corrected chi connectivity index (χ2v) is 5.80. The molecule has 1 aliphatic rings. The van der Waals surface area contributed by atoms with E-state index in [0.717, 1.165) is 41.4 Å². The van der Waals surface area contributed by atoms with Gasteiger partial charge in [-0.3, -0.25) is 9.48 Å². The number of rotatable bonds is 3. The Labute approximate surface area is 119 Å². The van der Waals surface area contributed by atoms with Gasteiger partial charge in [-0.05, 0) is 36.8 Å². The highest BCUT2D eigenvalue weighted by molar-refractivity contribution is 5.98. The van der Waals surface area contributed by atoms with Gasteiger partial charge in [-0.25, -0.2) is 0 Å². The fraction of sp³-hybridized carbons (Fsp3) is 0.412. The Bertz CT molecular complexity index is 681. The van der Waals surface area contributed by atoms with Crippen molar-refractivity contribution in [1.82, 2.24) is 9.78 Å². The maximum Gasteiger partial charge on any atom is 0.164 e. The summed E-state index contributed by atoms with van der Waals surface area (Å²) in [6.07, 6.45) is 5.62. The molecule has 20 heavy (non-hydrogen) atoms. The average molecular weight is 268 g/mol. The Kier molecular flexibility index (Phi) is 3.43.